The molecule has 0 fully saturated rings. The van der Waals surface area contributed by atoms with Crippen LogP contribution < -0.4 is 0 Å². The highest BCUT2D eigenvalue weighted by Gasteiger charge is 2.15. The minimum absolute atomic E-state index is 0.0438. The molecule has 2 nitrogen and oxygen atoms in total. The average Bonchev–Trinajstić information content (AvgIpc) is 2.44. The largest absolute Gasteiger partial charge is 0.293 e. The van der Waals surface area contributed by atoms with Gasteiger partial charge in [0.15, 0.2) is 17.4 Å². The van der Waals surface area contributed by atoms with Crippen LogP contribution in [0.25, 0.3) is 0 Å². The lowest BCUT2D eigenvalue weighted by Crippen LogP contribution is -2.11. The zero-order chi connectivity index (χ0) is 15.6. The summed E-state index contributed by atoms with van der Waals surface area (Å²) >= 11 is 11.5. The standard InChI is InChI=1S/C14H8Cl2F2O2S/c15-10-3-1-8(5-11(10)16)14(19)7-21(20)9-2-4-12(17)13(18)6-9/h1-6H,7H2. The molecule has 0 aliphatic rings. The van der Waals surface area contributed by atoms with Crippen molar-refractivity contribution in [3.63, 3.8) is 0 Å². The Morgan fingerprint density at radius 3 is 2.33 bits per heavy atom. The molecule has 0 aliphatic heterocycles. The Morgan fingerprint density at radius 1 is 1.00 bits per heavy atom. The van der Waals surface area contributed by atoms with E-state index in [2.05, 4.69) is 0 Å². The Labute approximate surface area is 132 Å². The SMILES string of the molecule is O=C(CS(=O)c1ccc(F)c(F)c1)c1ccc(Cl)c(Cl)c1. The van der Waals surface area contributed by atoms with Crippen molar-refractivity contribution < 1.29 is 17.8 Å². The van der Waals surface area contributed by atoms with Crippen molar-refractivity contribution in [1.29, 1.82) is 0 Å². The summed E-state index contributed by atoms with van der Waals surface area (Å²) < 4.78 is 37.9. The Balaban J connectivity index is 2.16. The Bertz CT molecular complexity index is 673. The number of benzene rings is 2. The second kappa shape index (κ2) is 6.64. The van der Waals surface area contributed by atoms with Crippen LogP contribution in [-0.4, -0.2) is 15.7 Å². The van der Waals surface area contributed by atoms with E-state index in [-0.39, 0.29) is 21.2 Å². The second-order valence-electron chi connectivity index (χ2n) is 4.12. The van der Waals surface area contributed by atoms with E-state index in [1.165, 1.54) is 24.3 Å². The molecule has 1 unspecified atom stereocenters. The summed E-state index contributed by atoms with van der Waals surface area (Å²) in [6.45, 7) is 0. The number of Topliss-reactive ketones (excluding diaryl/α,β-unsaturated/α-hetero) is 1. The van der Waals surface area contributed by atoms with Gasteiger partial charge in [-0.05, 0) is 36.4 Å². The minimum atomic E-state index is -1.78. The molecule has 0 bridgehead atoms. The molecule has 0 aliphatic carbocycles. The van der Waals surface area contributed by atoms with Crippen LogP contribution in [0, 0.1) is 11.6 Å². The molecule has 2 rings (SSSR count). The third kappa shape index (κ3) is 3.87. The first-order chi connectivity index (χ1) is 9.88. The molecule has 0 N–H and O–H groups in total. The number of carbonyl (C=O) groups is 1. The second-order valence-corrected chi connectivity index (χ2v) is 6.38. The number of halogens is 4. The third-order valence-electron chi connectivity index (χ3n) is 2.66. The number of rotatable bonds is 4. The maximum absolute atomic E-state index is 13.1. The van der Waals surface area contributed by atoms with Gasteiger partial charge in [0.05, 0.1) is 26.6 Å². The van der Waals surface area contributed by atoms with E-state index >= 15 is 0 Å². The Morgan fingerprint density at radius 2 is 1.71 bits per heavy atom. The first-order valence-corrected chi connectivity index (χ1v) is 7.77. The van der Waals surface area contributed by atoms with Gasteiger partial charge in [0.1, 0.15) is 0 Å². The van der Waals surface area contributed by atoms with Gasteiger partial charge in [-0.15, -0.1) is 0 Å². The van der Waals surface area contributed by atoms with Crippen LogP contribution in [0.15, 0.2) is 41.3 Å². The van der Waals surface area contributed by atoms with Crippen LogP contribution in [-0.2, 0) is 10.8 Å². The smallest absolute Gasteiger partial charge is 0.175 e. The predicted molar refractivity (Wildman–Crippen MR) is 78.4 cm³/mol. The van der Waals surface area contributed by atoms with Crippen molar-refractivity contribution in [2.75, 3.05) is 5.75 Å². The molecule has 7 heteroatoms. The Hall–Kier alpha value is -1.30. The molecular weight excluding hydrogens is 341 g/mol. The van der Waals surface area contributed by atoms with Crippen molar-refractivity contribution in [2.24, 2.45) is 0 Å². The molecule has 0 saturated carbocycles. The highest BCUT2D eigenvalue weighted by molar-refractivity contribution is 7.85. The van der Waals surface area contributed by atoms with Gasteiger partial charge < -0.3 is 0 Å². The maximum atomic E-state index is 13.1. The summed E-state index contributed by atoms with van der Waals surface area (Å²) in [7, 11) is -1.78. The van der Waals surface area contributed by atoms with Gasteiger partial charge in [-0.1, -0.05) is 23.2 Å². The number of hydrogen-bond donors (Lipinski definition) is 0. The van der Waals surface area contributed by atoms with Gasteiger partial charge in [-0.3, -0.25) is 9.00 Å². The van der Waals surface area contributed by atoms with Crippen LogP contribution in [0.3, 0.4) is 0 Å². The molecule has 21 heavy (non-hydrogen) atoms. The van der Waals surface area contributed by atoms with E-state index < -0.39 is 28.2 Å². The van der Waals surface area contributed by atoms with Crippen molar-refractivity contribution in [3.05, 3.63) is 63.6 Å². The number of hydrogen-bond acceptors (Lipinski definition) is 2. The molecule has 1 atom stereocenters. The Kier molecular flexibility index (Phi) is 5.08. The van der Waals surface area contributed by atoms with Gasteiger partial charge >= 0.3 is 0 Å². The fourth-order valence-electron chi connectivity index (χ4n) is 1.57. The topological polar surface area (TPSA) is 34.1 Å². The normalized spacial score (nSPS) is 12.2. The third-order valence-corrected chi connectivity index (χ3v) is 4.70. The summed E-state index contributed by atoms with van der Waals surface area (Å²) in [5.41, 5.74) is 0.250. The number of carbonyl (C=O) groups excluding carboxylic acids is 1. The fraction of sp³-hybridized carbons (Fsp3) is 0.0714. The highest BCUT2D eigenvalue weighted by atomic mass is 35.5. The first kappa shape index (κ1) is 16.1. The zero-order valence-electron chi connectivity index (χ0n) is 10.4. The van der Waals surface area contributed by atoms with Crippen LogP contribution in [0.5, 0.6) is 0 Å². The van der Waals surface area contributed by atoms with Crippen LogP contribution >= 0.6 is 23.2 Å². The van der Waals surface area contributed by atoms with E-state index in [1.54, 1.807) is 0 Å². The van der Waals surface area contributed by atoms with Crippen LogP contribution in [0.1, 0.15) is 10.4 Å². The predicted octanol–water partition coefficient (Wildman–Crippen LogP) is 4.26. The van der Waals surface area contributed by atoms with E-state index in [0.29, 0.717) is 5.02 Å². The molecule has 2 aromatic carbocycles. The van der Waals surface area contributed by atoms with E-state index in [9.17, 15) is 17.8 Å². The lowest BCUT2D eigenvalue weighted by Gasteiger charge is -2.04. The molecule has 0 aromatic heterocycles. The molecule has 0 spiro atoms. The zero-order valence-corrected chi connectivity index (χ0v) is 12.7. The highest BCUT2D eigenvalue weighted by Crippen LogP contribution is 2.23. The molecule has 0 saturated heterocycles. The lowest BCUT2D eigenvalue weighted by molar-refractivity contribution is 0.102. The maximum Gasteiger partial charge on any atom is 0.175 e. The summed E-state index contributed by atoms with van der Waals surface area (Å²) in [4.78, 5) is 12.0. The van der Waals surface area contributed by atoms with Gasteiger partial charge in [-0.25, -0.2) is 8.78 Å². The van der Waals surface area contributed by atoms with E-state index in [1.807, 2.05) is 0 Å². The summed E-state index contributed by atoms with van der Waals surface area (Å²) in [5.74, 6) is -2.94. The van der Waals surface area contributed by atoms with Crippen molar-refractivity contribution in [3.8, 4) is 0 Å². The van der Waals surface area contributed by atoms with Gasteiger partial charge in [0.25, 0.3) is 0 Å². The number of ketones is 1. The minimum Gasteiger partial charge on any atom is -0.293 e. The first-order valence-electron chi connectivity index (χ1n) is 5.70. The molecular formula is C14H8Cl2F2O2S. The van der Waals surface area contributed by atoms with Crippen LogP contribution in [0.2, 0.25) is 10.0 Å². The van der Waals surface area contributed by atoms with Crippen molar-refractivity contribution in [2.45, 2.75) is 4.90 Å². The summed E-state index contributed by atoms with van der Waals surface area (Å²) in [5, 5.41) is 0.510. The summed E-state index contributed by atoms with van der Waals surface area (Å²) in [6.07, 6.45) is 0. The quantitative estimate of drug-likeness (QED) is 0.773. The monoisotopic (exact) mass is 348 g/mol. The molecule has 0 heterocycles. The lowest BCUT2D eigenvalue weighted by atomic mass is 10.1. The van der Waals surface area contributed by atoms with Gasteiger partial charge in [0, 0.05) is 10.5 Å². The molecule has 0 amide bonds. The van der Waals surface area contributed by atoms with Gasteiger partial charge in [-0.2, -0.15) is 0 Å². The molecule has 2 aromatic rings. The van der Waals surface area contributed by atoms with E-state index in [4.69, 9.17) is 23.2 Å². The van der Waals surface area contributed by atoms with Crippen LogP contribution in [0.4, 0.5) is 8.78 Å². The van der Waals surface area contributed by atoms with Gasteiger partial charge in [0.2, 0.25) is 0 Å². The fourth-order valence-corrected chi connectivity index (χ4v) is 2.90. The van der Waals surface area contributed by atoms with Crippen molar-refractivity contribution >= 4 is 39.8 Å². The molecule has 110 valence electrons. The summed E-state index contributed by atoms with van der Waals surface area (Å²) in [6, 6.07) is 7.14. The van der Waals surface area contributed by atoms with E-state index in [0.717, 1.165) is 12.1 Å². The van der Waals surface area contributed by atoms with Crippen molar-refractivity contribution in [1.82, 2.24) is 0 Å². The molecule has 0 radical (unpaired) electrons. The average molecular weight is 349 g/mol.